The minimum Gasteiger partial charge on any atom is -0.383 e. The summed E-state index contributed by atoms with van der Waals surface area (Å²) < 4.78 is 4.83. The van der Waals surface area contributed by atoms with Gasteiger partial charge in [-0.15, -0.1) is 24.8 Å². The number of rotatable bonds is 7. The minimum atomic E-state index is -0.695. The largest absolute Gasteiger partial charge is 0.383 e. The van der Waals surface area contributed by atoms with Gasteiger partial charge < -0.3 is 25.6 Å². The highest BCUT2D eigenvalue weighted by Crippen LogP contribution is 2.15. The summed E-state index contributed by atoms with van der Waals surface area (Å²) in [6.07, 6.45) is 0.288. The first-order valence-electron chi connectivity index (χ1n) is 8.22. The maximum atomic E-state index is 12.2. The number of anilines is 1. The molecule has 0 spiro atoms. The average molecular weight is 407 g/mol. The standard InChI is InChI=1S/C17H26N4O3.2ClH/c1-24-13-15(18)17(23)19-8-7-16(22)21-11-9-20(10-12-21)14-5-3-2-4-6-14;;/h2-6,15H,7-13,18H2,1H3,(H,19,23);2*1H. The summed E-state index contributed by atoms with van der Waals surface area (Å²) in [6, 6.07) is 9.50. The first-order valence-corrected chi connectivity index (χ1v) is 8.22. The van der Waals surface area contributed by atoms with E-state index < -0.39 is 6.04 Å². The van der Waals surface area contributed by atoms with E-state index in [2.05, 4.69) is 22.3 Å². The number of nitrogens with two attached hydrogens (primary N) is 1. The molecule has 2 amide bonds. The van der Waals surface area contributed by atoms with Crippen LogP contribution in [0.15, 0.2) is 30.3 Å². The Labute approximate surface area is 167 Å². The number of halogens is 2. The first kappa shape index (κ1) is 24.5. The van der Waals surface area contributed by atoms with Crippen LogP contribution in [0.3, 0.4) is 0 Å². The van der Waals surface area contributed by atoms with Crippen molar-refractivity contribution in [3.8, 4) is 0 Å². The van der Waals surface area contributed by atoms with Crippen LogP contribution >= 0.6 is 24.8 Å². The van der Waals surface area contributed by atoms with E-state index >= 15 is 0 Å². The zero-order chi connectivity index (χ0) is 17.4. The van der Waals surface area contributed by atoms with Gasteiger partial charge in [0.2, 0.25) is 11.8 Å². The van der Waals surface area contributed by atoms with Crippen LogP contribution in [0, 0.1) is 0 Å². The Hall–Kier alpha value is -1.54. The number of hydrogen-bond donors (Lipinski definition) is 2. The molecule has 1 fully saturated rings. The van der Waals surface area contributed by atoms with E-state index in [1.165, 1.54) is 12.8 Å². The smallest absolute Gasteiger partial charge is 0.239 e. The Bertz CT molecular complexity index is 540. The molecule has 1 saturated heterocycles. The van der Waals surface area contributed by atoms with Gasteiger partial charge in [-0.1, -0.05) is 18.2 Å². The summed E-state index contributed by atoms with van der Waals surface area (Å²) >= 11 is 0. The number of hydrogen-bond acceptors (Lipinski definition) is 5. The van der Waals surface area contributed by atoms with Crippen molar-refractivity contribution in [2.24, 2.45) is 5.73 Å². The van der Waals surface area contributed by atoms with Crippen LogP contribution in [-0.4, -0.2) is 69.2 Å². The molecule has 26 heavy (non-hydrogen) atoms. The molecule has 9 heteroatoms. The fourth-order valence-corrected chi connectivity index (χ4v) is 2.69. The highest BCUT2D eigenvalue weighted by Gasteiger charge is 2.21. The third-order valence-corrected chi connectivity index (χ3v) is 4.07. The van der Waals surface area contributed by atoms with E-state index in [4.69, 9.17) is 10.5 Å². The lowest BCUT2D eigenvalue weighted by Crippen LogP contribution is -2.49. The van der Waals surface area contributed by atoms with Gasteiger partial charge in [-0.25, -0.2) is 0 Å². The molecular weight excluding hydrogens is 379 g/mol. The number of carbonyl (C=O) groups excluding carboxylic acids is 2. The normalized spacial score (nSPS) is 14.7. The van der Waals surface area contributed by atoms with Gasteiger partial charge in [0.1, 0.15) is 6.04 Å². The zero-order valence-electron chi connectivity index (χ0n) is 14.9. The fourth-order valence-electron chi connectivity index (χ4n) is 2.69. The van der Waals surface area contributed by atoms with Gasteiger partial charge >= 0.3 is 0 Å². The van der Waals surface area contributed by atoms with Crippen LogP contribution in [0.2, 0.25) is 0 Å². The molecule has 0 radical (unpaired) electrons. The number of methoxy groups -OCH3 is 1. The summed E-state index contributed by atoms with van der Waals surface area (Å²) in [5.41, 5.74) is 6.80. The number of nitrogens with zero attached hydrogens (tertiary/aromatic N) is 2. The second-order valence-electron chi connectivity index (χ2n) is 5.81. The molecule has 2 rings (SSSR count). The Morgan fingerprint density at radius 3 is 2.35 bits per heavy atom. The molecule has 1 aromatic rings. The van der Waals surface area contributed by atoms with Gasteiger partial charge in [-0.05, 0) is 12.1 Å². The maximum Gasteiger partial charge on any atom is 0.239 e. The average Bonchev–Trinajstić information content (AvgIpc) is 2.62. The quantitative estimate of drug-likeness (QED) is 0.694. The molecule has 148 valence electrons. The molecule has 1 atom stereocenters. The molecule has 7 nitrogen and oxygen atoms in total. The van der Waals surface area contributed by atoms with Crippen LogP contribution in [0.1, 0.15) is 6.42 Å². The molecule has 0 bridgehead atoms. The van der Waals surface area contributed by atoms with Crippen molar-refractivity contribution in [1.29, 1.82) is 0 Å². The van der Waals surface area contributed by atoms with Crippen LogP contribution in [0.5, 0.6) is 0 Å². The third-order valence-electron chi connectivity index (χ3n) is 4.07. The lowest BCUT2D eigenvalue weighted by molar-refractivity contribution is -0.131. The van der Waals surface area contributed by atoms with Gasteiger partial charge in [0.15, 0.2) is 0 Å². The van der Waals surface area contributed by atoms with Gasteiger partial charge in [0.05, 0.1) is 6.61 Å². The Kier molecular flexibility index (Phi) is 12.0. The molecule has 0 saturated carbocycles. The van der Waals surface area contributed by atoms with E-state index in [9.17, 15) is 9.59 Å². The van der Waals surface area contributed by atoms with Crippen LogP contribution in [0.25, 0.3) is 0 Å². The van der Waals surface area contributed by atoms with E-state index in [0.29, 0.717) is 19.6 Å². The second-order valence-corrected chi connectivity index (χ2v) is 5.81. The molecule has 0 aliphatic carbocycles. The van der Waals surface area contributed by atoms with Gasteiger partial charge in [0, 0.05) is 51.9 Å². The van der Waals surface area contributed by atoms with Crippen molar-refractivity contribution in [3.05, 3.63) is 30.3 Å². The number of para-hydroxylation sites is 1. The summed E-state index contributed by atoms with van der Waals surface area (Å²) in [5, 5.41) is 2.67. The predicted octanol–water partition coefficient (Wildman–Crippen LogP) is 0.659. The molecule has 1 heterocycles. The number of ether oxygens (including phenoxy) is 1. The van der Waals surface area contributed by atoms with E-state index in [1.54, 1.807) is 0 Å². The maximum absolute atomic E-state index is 12.2. The van der Waals surface area contributed by atoms with Crippen molar-refractivity contribution in [2.75, 3.05) is 51.3 Å². The number of benzene rings is 1. The molecular formula is C17H28Cl2N4O3. The van der Waals surface area contributed by atoms with Crippen molar-refractivity contribution < 1.29 is 14.3 Å². The molecule has 0 aromatic heterocycles. The topological polar surface area (TPSA) is 87.9 Å². The summed E-state index contributed by atoms with van der Waals surface area (Å²) in [5.74, 6) is -0.234. The van der Waals surface area contributed by atoms with E-state index in [0.717, 1.165) is 13.1 Å². The monoisotopic (exact) mass is 406 g/mol. The fraction of sp³-hybridized carbons (Fsp3) is 0.529. The summed E-state index contributed by atoms with van der Waals surface area (Å²) in [4.78, 5) is 28.0. The summed E-state index contributed by atoms with van der Waals surface area (Å²) in [6.45, 7) is 3.51. The third kappa shape index (κ3) is 7.37. The van der Waals surface area contributed by atoms with Crippen LogP contribution < -0.4 is 16.0 Å². The van der Waals surface area contributed by atoms with Crippen molar-refractivity contribution >= 4 is 42.3 Å². The number of amides is 2. The Morgan fingerprint density at radius 2 is 1.77 bits per heavy atom. The van der Waals surface area contributed by atoms with E-state index in [-0.39, 0.29) is 49.7 Å². The number of piperazine rings is 1. The molecule has 1 unspecified atom stereocenters. The first-order chi connectivity index (χ1) is 11.6. The Morgan fingerprint density at radius 1 is 1.15 bits per heavy atom. The van der Waals surface area contributed by atoms with Crippen LogP contribution in [-0.2, 0) is 14.3 Å². The highest BCUT2D eigenvalue weighted by molar-refractivity contribution is 5.85. The van der Waals surface area contributed by atoms with Crippen LogP contribution in [0.4, 0.5) is 5.69 Å². The Balaban J connectivity index is 0.00000312. The van der Waals surface area contributed by atoms with Crippen molar-refractivity contribution in [2.45, 2.75) is 12.5 Å². The molecule has 1 aliphatic rings. The van der Waals surface area contributed by atoms with E-state index in [1.807, 2.05) is 23.1 Å². The highest BCUT2D eigenvalue weighted by atomic mass is 35.5. The van der Waals surface area contributed by atoms with Crippen molar-refractivity contribution in [1.82, 2.24) is 10.2 Å². The van der Waals surface area contributed by atoms with Gasteiger partial charge in [-0.3, -0.25) is 9.59 Å². The zero-order valence-corrected chi connectivity index (χ0v) is 16.6. The minimum absolute atomic E-state index is 0. The van der Waals surface area contributed by atoms with Gasteiger partial charge in [-0.2, -0.15) is 0 Å². The van der Waals surface area contributed by atoms with Crippen molar-refractivity contribution in [3.63, 3.8) is 0 Å². The lowest BCUT2D eigenvalue weighted by atomic mass is 10.2. The molecule has 1 aliphatic heterocycles. The number of carbonyl (C=O) groups is 2. The number of nitrogens with one attached hydrogen (secondary N) is 1. The predicted molar refractivity (Wildman–Crippen MR) is 107 cm³/mol. The molecule has 1 aromatic carbocycles. The van der Waals surface area contributed by atoms with Gasteiger partial charge in [0.25, 0.3) is 0 Å². The molecule has 3 N–H and O–H groups in total. The SMILES string of the molecule is COCC(N)C(=O)NCCC(=O)N1CCN(c2ccccc2)CC1.Cl.Cl. The second kappa shape index (κ2) is 12.8. The summed E-state index contributed by atoms with van der Waals surface area (Å²) in [7, 11) is 1.49. The lowest BCUT2D eigenvalue weighted by Gasteiger charge is -2.36.